The first-order chi connectivity index (χ1) is 16.0. The lowest BCUT2D eigenvalue weighted by atomic mass is 9.61. The van der Waals surface area contributed by atoms with E-state index in [0.717, 1.165) is 0 Å². The molecule has 1 spiro atoms. The van der Waals surface area contributed by atoms with Gasteiger partial charge in [0.2, 0.25) is 17.7 Å². The Morgan fingerprint density at radius 2 is 1.85 bits per heavy atom. The molecule has 2 saturated heterocycles. The fourth-order valence-electron chi connectivity index (χ4n) is 5.17. The Morgan fingerprint density at radius 1 is 1.18 bits per heavy atom. The molecule has 1 aliphatic carbocycles. The second-order valence-corrected chi connectivity index (χ2v) is 10.9. The number of hydrogen-bond donors (Lipinski definition) is 3. The molecule has 0 radical (unpaired) electrons. The lowest BCUT2D eigenvalue weighted by molar-refractivity contribution is -0.166. The molecule has 4 amide bonds. The Morgan fingerprint density at radius 3 is 2.38 bits per heavy atom. The molecule has 3 aliphatic rings. The van der Waals surface area contributed by atoms with Crippen molar-refractivity contribution < 1.29 is 28.7 Å². The fraction of sp³-hybridized carbons (Fsp3) is 0.792. The van der Waals surface area contributed by atoms with E-state index in [-0.39, 0.29) is 47.5 Å². The Hall–Kier alpha value is -2.65. The van der Waals surface area contributed by atoms with Crippen LogP contribution in [0.4, 0.5) is 4.79 Å². The number of hydrogen-bond acceptors (Lipinski definition) is 6. The minimum absolute atomic E-state index is 0.0200. The van der Waals surface area contributed by atoms with Crippen LogP contribution in [0.1, 0.15) is 59.8 Å². The quantitative estimate of drug-likeness (QED) is 0.401. The summed E-state index contributed by atoms with van der Waals surface area (Å²) in [7, 11) is 0. The number of alkyl carbamates (subject to hydrolysis) is 1. The van der Waals surface area contributed by atoms with Gasteiger partial charge in [-0.05, 0) is 38.0 Å². The second-order valence-electron chi connectivity index (χ2n) is 10.9. The second kappa shape index (κ2) is 10.7. The molecule has 2 aliphatic heterocycles. The molecular formula is C24H38N4O6. The lowest BCUT2D eigenvalue weighted by Crippen LogP contribution is -2.66. The van der Waals surface area contributed by atoms with Gasteiger partial charge in [0, 0.05) is 36.9 Å². The first kappa shape index (κ1) is 26.0. The molecule has 34 heavy (non-hydrogen) atoms. The van der Waals surface area contributed by atoms with E-state index < -0.39 is 24.1 Å². The maximum absolute atomic E-state index is 12.8. The number of nitrogens with zero attached hydrogens (tertiary/aromatic N) is 1. The van der Waals surface area contributed by atoms with Crippen LogP contribution in [0, 0.1) is 23.2 Å². The minimum atomic E-state index is -0.843. The van der Waals surface area contributed by atoms with Gasteiger partial charge in [0.1, 0.15) is 18.4 Å². The van der Waals surface area contributed by atoms with Gasteiger partial charge in [-0.2, -0.15) is 0 Å². The Balaban J connectivity index is 1.45. The van der Waals surface area contributed by atoms with Crippen molar-refractivity contribution in [1.82, 2.24) is 20.9 Å². The van der Waals surface area contributed by atoms with Gasteiger partial charge in [-0.1, -0.05) is 27.7 Å². The van der Waals surface area contributed by atoms with E-state index in [1.807, 2.05) is 32.6 Å². The standard InChI is InChI=1S/C24H38N4O6/c1-14(2)7-19(21(31)26-17(11-29)8-16-5-6-25-20(16)30)27-23(33)34-18-9-24(10-18)12-28(13-24)22(32)15(3)4/h11,14-19H,5-10,12-13H2,1-4H3,(H,25,30)(H,26,31)(H,27,33)/t16-,17+,19+/m1/s1. The van der Waals surface area contributed by atoms with Gasteiger partial charge in [-0.25, -0.2) is 4.79 Å². The van der Waals surface area contributed by atoms with Gasteiger partial charge in [-0.3, -0.25) is 14.4 Å². The lowest BCUT2D eigenvalue weighted by Gasteiger charge is -2.58. The molecule has 1 saturated carbocycles. The van der Waals surface area contributed by atoms with Crippen LogP contribution in [0.5, 0.6) is 0 Å². The summed E-state index contributed by atoms with van der Waals surface area (Å²) in [6.45, 7) is 9.62. The van der Waals surface area contributed by atoms with E-state index in [1.165, 1.54) is 0 Å². The molecule has 190 valence electrons. The van der Waals surface area contributed by atoms with Crippen molar-refractivity contribution in [3.8, 4) is 0 Å². The van der Waals surface area contributed by atoms with Crippen molar-refractivity contribution in [2.24, 2.45) is 23.2 Å². The average Bonchev–Trinajstić information content (AvgIpc) is 3.11. The zero-order valence-corrected chi connectivity index (χ0v) is 20.6. The smallest absolute Gasteiger partial charge is 0.408 e. The highest BCUT2D eigenvalue weighted by Crippen LogP contribution is 2.49. The first-order valence-electron chi connectivity index (χ1n) is 12.3. The SMILES string of the molecule is CC(C)C[C@H](NC(=O)OC1CC2(C1)CN(C(=O)C(C)C)C2)C(=O)N[C@H](C=O)C[C@H]1CCNC1=O. The maximum atomic E-state index is 12.8. The van der Waals surface area contributed by atoms with E-state index in [4.69, 9.17) is 4.74 Å². The average molecular weight is 479 g/mol. The molecule has 0 unspecified atom stereocenters. The number of amides is 4. The Bertz CT molecular complexity index is 799. The van der Waals surface area contributed by atoms with E-state index in [1.54, 1.807) is 0 Å². The molecule has 10 nitrogen and oxygen atoms in total. The summed E-state index contributed by atoms with van der Waals surface area (Å²) < 4.78 is 5.52. The molecule has 3 N–H and O–H groups in total. The number of carbonyl (C=O) groups is 5. The Labute approximate surface area is 200 Å². The number of ether oxygens (including phenoxy) is 1. The van der Waals surface area contributed by atoms with Crippen molar-refractivity contribution in [2.75, 3.05) is 19.6 Å². The van der Waals surface area contributed by atoms with E-state index in [9.17, 15) is 24.0 Å². The Kier molecular flexibility index (Phi) is 8.20. The summed E-state index contributed by atoms with van der Waals surface area (Å²) in [4.78, 5) is 62.5. The molecule has 0 bridgehead atoms. The molecule has 3 rings (SSSR count). The van der Waals surface area contributed by atoms with Crippen LogP contribution in [-0.2, 0) is 23.9 Å². The van der Waals surface area contributed by atoms with Gasteiger partial charge < -0.3 is 30.4 Å². The number of aldehydes is 1. The first-order valence-corrected chi connectivity index (χ1v) is 12.3. The monoisotopic (exact) mass is 478 g/mol. The van der Waals surface area contributed by atoms with E-state index >= 15 is 0 Å². The van der Waals surface area contributed by atoms with Crippen LogP contribution in [0.3, 0.4) is 0 Å². The van der Waals surface area contributed by atoms with Gasteiger partial charge in [0.05, 0.1) is 6.04 Å². The summed E-state index contributed by atoms with van der Waals surface area (Å²) in [6.07, 6.45) is 2.41. The van der Waals surface area contributed by atoms with Crippen LogP contribution in [0.15, 0.2) is 0 Å². The van der Waals surface area contributed by atoms with E-state index in [2.05, 4.69) is 16.0 Å². The predicted molar refractivity (Wildman–Crippen MR) is 123 cm³/mol. The number of likely N-dealkylation sites (tertiary alicyclic amines) is 1. The van der Waals surface area contributed by atoms with Crippen LogP contribution < -0.4 is 16.0 Å². The van der Waals surface area contributed by atoms with Gasteiger partial charge >= 0.3 is 6.09 Å². The molecule has 0 aromatic rings. The molecule has 3 fully saturated rings. The van der Waals surface area contributed by atoms with Crippen molar-refractivity contribution in [3.63, 3.8) is 0 Å². The normalized spacial score (nSPS) is 23.1. The van der Waals surface area contributed by atoms with Crippen LogP contribution in [0.25, 0.3) is 0 Å². The van der Waals surface area contributed by atoms with Crippen LogP contribution in [0.2, 0.25) is 0 Å². The van der Waals surface area contributed by atoms with Gasteiger partial charge in [0.15, 0.2) is 0 Å². The predicted octanol–water partition coefficient (Wildman–Crippen LogP) is 0.984. The van der Waals surface area contributed by atoms with Crippen molar-refractivity contribution >= 4 is 30.1 Å². The molecule has 0 aromatic heterocycles. The highest BCUT2D eigenvalue weighted by Gasteiger charge is 2.55. The number of nitrogens with one attached hydrogen (secondary N) is 3. The van der Waals surface area contributed by atoms with Crippen LogP contribution >= 0.6 is 0 Å². The largest absolute Gasteiger partial charge is 0.446 e. The number of carbonyl (C=O) groups excluding carboxylic acids is 5. The van der Waals surface area contributed by atoms with Crippen molar-refractivity contribution in [2.45, 2.75) is 78.0 Å². The number of rotatable bonds is 10. The van der Waals surface area contributed by atoms with Gasteiger partial charge in [-0.15, -0.1) is 0 Å². The highest BCUT2D eigenvalue weighted by molar-refractivity contribution is 5.88. The molecule has 3 atom stereocenters. The molecule has 0 aromatic carbocycles. The third kappa shape index (κ3) is 6.27. The third-order valence-corrected chi connectivity index (χ3v) is 6.96. The maximum Gasteiger partial charge on any atom is 0.408 e. The fourth-order valence-corrected chi connectivity index (χ4v) is 5.17. The molecule has 2 heterocycles. The highest BCUT2D eigenvalue weighted by atomic mass is 16.6. The molecular weight excluding hydrogens is 440 g/mol. The van der Waals surface area contributed by atoms with Crippen LogP contribution in [-0.4, -0.2) is 72.8 Å². The third-order valence-electron chi connectivity index (χ3n) is 6.96. The summed E-state index contributed by atoms with van der Waals surface area (Å²) in [5.74, 6) is -0.624. The zero-order valence-electron chi connectivity index (χ0n) is 20.6. The summed E-state index contributed by atoms with van der Waals surface area (Å²) in [5.41, 5.74) is 0.0495. The topological polar surface area (TPSA) is 134 Å². The minimum Gasteiger partial charge on any atom is -0.446 e. The summed E-state index contributed by atoms with van der Waals surface area (Å²) in [6, 6.07) is -1.64. The van der Waals surface area contributed by atoms with Crippen molar-refractivity contribution in [3.05, 3.63) is 0 Å². The summed E-state index contributed by atoms with van der Waals surface area (Å²) >= 11 is 0. The van der Waals surface area contributed by atoms with E-state index in [0.29, 0.717) is 51.6 Å². The summed E-state index contributed by atoms with van der Waals surface area (Å²) in [5, 5.41) is 8.04. The molecule has 10 heteroatoms. The zero-order chi connectivity index (χ0) is 25.0. The van der Waals surface area contributed by atoms with Gasteiger partial charge in [0.25, 0.3) is 0 Å². The van der Waals surface area contributed by atoms with Crippen molar-refractivity contribution in [1.29, 1.82) is 0 Å².